The van der Waals surface area contributed by atoms with Gasteiger partial charge in [0.15, 0.2) is 0 Å². The van der Waals surface area contributed by atoms with Crippen molar-refractivity contribution in [3.8, 4) is 11.6 Å². The fraction of sp³-hybridized carbons (Fsp3) is 0.154. The first-order chi connectivity index (χ1) is 8.60. The quantitative estimate of drug-likeness (QED) is 0.880. The van der Waals surface area contributed by atoms with Crippen molar-refractivity contribution in [2.45, 2.75) is 13.5 Å². The second-order valence-corrected chi connectivity index (χ2v) is 5.60. The molecule has 1 aromatic carbocycles. The summed E-state index contributed by atoms with van der Waals surface area (Å²) in [4.78, 5) is 4.21. The molecule has 0 saturated carbocycles. The van der Waals surface area contributed by atoms with E-state index in [0.29, 0.717) is 12.4 Å². The highest BCUT2D eigenvalue weighted by atomic mass is 79.9. The van der Waals surface area contributed by atoms with Crippen molar-refractivity contribution in [2.75, 3.05) is 0 Å². The standard InChI is InChI=1S/C13H12Br2N2O/c1-8-4-13(17-7-11(8)15)18-12-3-2-10(14)5-9(12)6-16/h2-5,7H,6,16H2,1H3. The lowest BCUT2D eigenvalue weighted by molar-refractivity contribution is 0.456. The van der Waals surface area contributed by atoms with Crippen molar-refractivity contribution in [1.29, 1.82) is 0 Å². The van der Waals surface area contributed by atoms with Crippen LogP contribution in [0, 0.1) is 6.92 Å². The average molecular weight is 372 g/mol. The molecule has 94 valence electrons. The van der Waals surface area contributed by atoms with Crippen LogP contribution < -0.4 is 10.5 Å². The van der Waals surface area contributed by atoms with Gasteiger partial charge in [-0.05, 0) is 46.6 Å². The van der Waals surface area contributed by atoms with Gasteiger partial charge >= 0.3 is 0 Å². The van der Waals surface area contributed by atoms with Crippen LogP contribution in [0.5, 0.6) is 11.6 Å². The third kappa shape index (κ3) is 3.10. The van der Waals surface area contributed by atoms with E-state index in [1.165, 1.54) is 0 Å². The fourth-order valence-corrected chi connectivity index (χ4v) is 2.11. The van der Waals surface area contributed by atoms with E-state index < -0.39 is 0 Å². The highest BCUT2D eigenvalue weighted by Gasteiger charge is 2.06. The molecule has 18 heavy (non-hydrogen) atoms. The number of ether oxygens (including phenoxy) is 1. The van der Waals surface area contributed by atoms with Crippen molar-refractivity contribution in [2.24, 2.45) is 5.73 Å². The molecule has 0 amide bonds. The van der Waals surface area contributed by atoms with E-state index in [1.54, 1.807) is 6.20 Å². The van der Waals surface area contributed by atoms with Gasteiger partial charge in [0.05, 0.1) is 0 Å². The molecule has 0 atom stereocenters. The van der Waals surface area contributed by atoms with Gasteiger partial charge in [-0.1, -0.05) is 15.9 Å². The van der Waals surface area contributed by atoms with E-state index in [-0.39, 0.29) is 0 Å². The fourth-order valence-electron chi connectivity index (χ4n) is 1.49. The zero-order chi connectivity index (χ0) is 13.1. The Morgan fingerprint density at radius 3 is 2.72 bits per heavy atom. The van der Waals surface area contributed by atoms with Crippen LogP contribution in [0.1, 0.15) is 11.1 Å². The van der Waals surface area contributed by atoms with Gasteiger partial charge in [0.25, 0.3) is 0 Å². The lowest BCUT2D eigenvalue weighted by atomic mass is 10.2. The van der Waals surface area contributed by atoms with Crippen LogP contribution >= 0.6 is 31.9 Å². The monoisotopic (exact) mass is 370 g/mol. The predicted molar refractivity (Wildman–Crippen MR) is 78.8 cm³/mol. The summed E-state index contributed by atoms with van der Waals surface area (Å²) in [5.74, 6) is 1.29. The lowest BCUT2D eigenvalue weighted by Gasteiger charge is -2.10. The van der Waals surface area contributed by atoms with E-state index in [0.717, 1.165) is 25.8 Å². The molecule has 0 radical (unpaired) electrons. The zero-order valence-corrected chi connectivity index (χ0v) is 13.0. The smallest absolute Gasteiger partial charge is 0.219 e. The molecular formula is C13H12Br2N2O. The van der Waals surface area contributed by atoms with Gasteiger partial charge < -0.3 is 10.5 Å². The Morgan fingerprint density at radius 1 is 1.28 bits per heavy atom. The number of pyridine rings is 1. The molecule has 0 bridgehead atoms. The number of rotatable bonds is 3. The summed E-state index contributed by atoms with van der Waals surface area (Å²) in [5, 5.41) is 0. The molecule has 0 unspecified atom stereocenters. The Morgan fingerprint density at radius 2 is 2.06 bits per heavy atom. The van der Waals surface area contributed by atoms with Gasteiger partial charge in [0, 0.05) is 33.3 Å². The molecule has 0 aliphatic carbocycles. The number of hydrogen-bond donors (Lipinski definition) is 1. The number of aryl methyl sites for hydroxylation is 1. The van der Waals surface area contributed by atoms with Gasteiger partial charge in [-0.2, -0.15) is 0 Å². The predicted octanol–water partition coefficient (Wildman–Crippen LogP) is 4.17. The Bertz CT molecular complexity index is 573. The average Bonchev–Trinajstić information content (AvgIpc) is 2.36. The molecular weight excluding hydrogens is 360 g/mol. The third-order valence-electron chi connectivity index (χ3n) is 2.48. The van der Waals surface area contributed by atoms with Crippen LogP contribution in [0.2, 0.25) is 0 Å². The van der Waals surface area contributed by atoms with Crippen LogP contribution in [-0.4, -0.2) is 4.98 Å². The van der Waals surface area contributed by atoms with Gasteiger partial charge in [0.1, 0.15) is 5.75 Å². The number of nitrogens with zero attached hydrogens (tertiary/aromatic N) is 1. The maximum absolute atomic E-state index is 5.76. The van der Waals surface area contributed by atoms with E-state index >= 15 is 0 Å². The topological polar surface area (TPSA) is 48.1 Å². The molecule has 0 spiro atoms. The van der Waals surface area contributed by atoms with Gasteiger partial charge in [-0.15, -0.1) is 0 Å². The van der Waals surface area contributed by atoms with Crippen molar-refractivity contribution in [3.63, 3.8) is 0 Å². The van der Waals surface area contributed by atoms with E-state index in [2.05, 4.69) is 36.8 Å². The number of aromatic nitrogens is 1. The molecule has 0 saturated heterocycles. The Hall–Kier alpha value is -0.910. The molecule has 2 N–H and O–H groups in total. The third-order valence-corrected chi connectivity index (χ3v) is 3.80. The summed E-state index contributed by atoms with van der Waals surface area (Å²) in [7, 11) is 0. The summed E-state index contributed by atoms with van der Waals surface area (Å²) in [6.45, 7) is 2.41. The summed E-state index contributed by atoms with van der Waals surface area (Å²) in [6.07, 6.45) is 1.73. The van der Waals surface area contributed by atoms with Crippen LogP contribution in [0.15, 0.2) is 39.4 Å². The Balaban J connectivity index is 2.30. The summed E-state index contributed by atoms with van der Waals surface area (Å²) in [5.41, 5.74) is 7.71. The zero-order valence-electron chi connectivity index (χ0n) is 9.78. The summed E-state index contributed by atoms with van der Waals surface area (Å²) < 4.78 is 7.70. The van der Waals surface area contributed by atoms with Crippen molar-refractivity contribution >= 4 is 31.9 Å². The molecule has 3 nitrogen and oxygen atoms in total. The van der Waals surface area contributed by atoms with Crippen molar-refractivity contribution < 1.29 is 4.74 Å². The van der Waals surface area contributed by atoms with Crippen LogP contribution in [0.4, 0.5) is 0 Å². The Labute approximate surface area is 123 Å². The number of nitrogens with two attached hydrogens (primary N) is 1. The minimum absolute atomic E-state index is 0.421. The highest BCUT2D eigenvalue weighted by molar-refractivity contribution is 9.10. The number of halogens is 2. The second-order valence-electron chi connectivity index (χ2n) is 3.83. The van der Waals surface area contributed by atoms with Gasteiger partial charge in [-0.3, -0.25) is 0 Å². The molecule has 5 heteroatoms. The molecule has 1 heterocycles. The van der Waals surface area contributed by atoms with Crippen LogP contribution in [0.25, 0.3) is 0 Å². The summed E-state index contributed by atoms with van der Waals surface area (Å²) >= 11 is 6.82. The van der Waals surface area contributed by atoms with Crippen molar-refractivity contribution in [3.05, 3.63) is 50.5 Å². The number of benzene rings is 1. The largest absolute Gasteiger partial charge is 0.439 e. The van der Waals surface area contributed by atoms with Crippen molar-refractivity contribution in [1.82, 2.24) is 4.98 Å². The van der Waals surface area contributed by atoms with E-state index in [4.69, 9.17) is 10.5 Å². The van der Waals surface area contributed by atoms with E-state index in [9.17, 15) is 0 Å². The number of hydrogen-bond acceptors (Lipinski definition) is 3. The SMILES string of the molecule is Cc1cc(Oc2ccc(Br)cc2CN)ncc1Br. The second kappa shape index (κ2) is 5.82. The van der Waals surface area contributed by atoms with Crippen LogP contribution in [-0.2, 0) is 6.54 Å². The summed E-state index contributed by atoms with van der Waals surface area (Å²) in [6, 6.07) is 7.62. The first-order valence-electron chi connectivity index (χ1n) is 5.38. The highest BCUT2D eigenvalue weighted by Crippen LogP contribution is 2.28. The minimum Gasteiger partial charge on any atom is -0.439 e. The lowest BCUT2D eigenvalue weighted by Crippen LogP contribution is -2.00. The molecule has 0 aliphatic heterocycles. The first-order valence-corrected chi connectivity index (χ1v) is 6.97. The maximum Gasteiger partial charge on any atom is 0.219 e. The first kappa shape index (κ1) is 13.5. The molecule has 1 aromatic heterocycles. The molecule has 2 aromatic rings. The van der Waals surface area contributed by atoms with Crippen LogP contribution in [0.3, 0.4) is 0 Å². The molecule has 0 aliphatic rings. The van der Waals surface area contributed by atoms with Gasteiger partial charge in [-0.25, -0.2) is 4.98 Å². The van der Waals surface area contributed by atoms with E-state index in [1.807, 2.05) is 31.2 Å². The minimum atomic E-state index is 0.421. The molecule has 2 rings (SSSR count). The molecule has 0 fully saturated rings. The van der Waals surface area contributed by atoms with Gasteiger partial charge in [0.2, 0.25) is 5.88 Å². The maximum atomic E-state index is 5.76. The Kier molecular flexibility index (Phi) is 4.37. The normalized spacial score (nSPS) is 10.4.